The molecule has 5 heteroatoms. The van der Waals surface area contributed by atoms with Gasteiger partial charge in [0, 0.05) is 22.6 Å². The fourth-order valence-electron chi connectivity index (χ4n) is 2.18. The van der Waals surface area contributed by atoms with Crippen LogP contribution in [0.1, 0.15) is 30.6 Å². The second-order valence-corrected chi connectivity index (χ2v) is 7.49. The maximum atomic E-state index is 13.1. The Bertz CT molecular complexity index is 505. The number of Topliss-reactive ketones (excluding diaryl/α,β-unsaturated/α-hetero) is 1. The van der Waals surface area contributed by atoms with Crippen molar-refractivity contribution < 1.29 is 13.6 Å². The highest BCUT2D eigenvalue weighted by Gasteiger charge is 2.24. The van der Waals surface area contributed by atoms with Gasteiger partial charge in [-0.05, 0) is 31.2 Å². The lowest BCUT2D eigenvalue weighted by Gasteiger charge is -2.22. The highest BCUT2D eigenvalue weighted by Crippen LogP contribution is 2.30. The van der Waals surface area contributed by atoms with Crippen molar-refractivity contribution in [2.45, 2.75) is 25.0 Å². The summed E-state index contributed by atoms with van der Waals surface area (Å²) in [6.45, 7) is 6.39. The molecule has 0 amide bonds. The number of halogens is 2. The fraction of sp³-hybridized carbons (Fsp3) is 0.533. The molecule has 0 unspecified atom stereocenters. The summed E-state index contributed by atoms with van der Waals surface area (Å²) in [5.41, 5.74) is 0.236. The van der Waals surface area contributed by atoms with Crippen LogP contribution in [0.4, 0.5) is 8.78 Å². The zero-order chi connectivity index (χ0) is 14.8. The average molecular weight is 299 g/mol. The summed E-state index contributed by atoms with van der Waals surface area (Å²) in [6.07, 6.45) is 1.02. The predicted octanol–water partition coefficient (Wildman–Crippen LogP) is 3.37. The molecular formula is C15H19F2NOS. The van der Waals surface area contributed by atoms with Gasteiger partial charge in [0.05, 0.1) is 6.54 Å². The van der Waals surface area contributed by atoms with E-state index in [1.807, 2.05) is 11.8 Å². The minimum atomic E-state index is -0.969. The van der Waals surface area contributed by atoms with Crippen molar-refractivity contribution in [3.8, 4) is 0 Å². The lowest BCUT2D eigenvalue weighted by molar-refractivity contribution is 0.0933. The summed E-state index contributed by atoms with van der Waals surface area (Å²) in [5, 5.41) is 0. The van der Waals surface area contributed by atoms with Crippen molar-refractivity contribution in [1.82, 2.24) is 4.90 Å². The van der Waals surface area contributed by atoms with E-state index in [0.29, 0.717) is 0 Å². The summed E-state index contributed by atoms with van der Waals surface area (Å²) in [7, 11) is 0. The Kier molecular flexibility index (Phi) is 4.81. The van der Waals surface area contributed by atoms with Gasteiger partial charge in [-0.3, -0.25) is 9.69 Å². The van der Waals surface area contributed by atoms with Crippen LogP contribution in [-0.4, -0.2) is 40.8 Å². The average Bonchev–Trinajstić information content (AvgIpc) is 2.54. The molecule has 1 aliphatic heterocycles. The van der Waals surface area contributed by atoms with Gasteiger partial charge >= 0.3 is 0 Å². The lowest BCUT2D eigenvalue weighted by atomic mass is 10.1. The molecule has 20 heavy (non-hydrogen) atoms. The number of rotatable bonds is 3. The Labute approximate surface area is 122 Å². The van der Waals surface area contributed by atoms with Crippen LogP contribution < -0.4 is 0 Å². The van der Waals surface area contributed by atoms with Crippen molar-refractivity contribution in [3.63, 3.8) is 0 Å². The Morgan fingerprint density at radius 3 is 2.75 bits per heavy atom. The van der Waals surface area contributed by atoms with E-state index in [0.717, 1.165) is 37.4 Å². The van der Waals surface area contributed by atoms with E-state index < -0.39 is 11.6 Å². The summed E-state index contributed by atoms with van der Waals surface area (Å²) < 4.78 is 26.2. The third-order valence-corrected chi connectivity index (χ3v) is 4.91. The number of hydrogen-bond donors (Lipinski definition) is 0. The van der Waals surface area contributed by atoms with Crippen molar-refractivity contribution in [2.24, 2.45) is 0 Å². The molecule has 1 saturated heterocycles. The van der Waals surface area contributed by atoms with E-state index in [4.69, 9.17) is 0 Å². The zero-order valence-corrected chi connectivity index (χ0v) is 12.6. The number of benzene rings is 1. The van der Waals surface area contributed by atoms with Crippen LogP contribution in [0.2, 0.25) is 0 Å². The topological polar surface area (TPSA) is 20.3 Å². The summed E-state index contributed by atoms with van der Waals surface area (Å²) >= 11 is 1.91. The molecule has 2 nitrogen and oxygen atoms in total. The summed E-state index contributed by atoms with van der Waals surface area (Å²) in [6, 6.07) is 3.33. The molecule has 0 saturated carbocycles. The minimum absolute atomic E-state index is 0.159. The molecule has 0 bridgehead atoms. The molecule has 1 fully saturated rings. The molecule has 2 rings (SSSR count). The molecule has 0 atom stereocenters. The van der Waals surface area contributed by atoms with Crippen LogP contribution in [0.3, 0.4) is 0 Å². The lowest BCUT2D eigenvalue weighted by Crippen LogP contribution is -2.32. The van der Waals surface area contributed by atoms with Crippen LogP contribution in [-0.2, 0) is 0 Å². The normalized spacial score (nSPS) is 19.6. The van der Waals surface area contributed by atoms with Crippen LogP contribution in [0.15, 0.2) is 18.2 Å². The second kappa shape index (κ2) is 6.22. The number of hydrogen-bond acceptors (Lipinski definition) is 3. The van der Waals surface area contributed by atoms with Gasteiger partial charge in [0.1, 0.15) is 0 Å². The molecule has 0 radical (unpaired) electrons. The second-order valence-electron chi connectivity index (χ2n) is 5.69. The minimum Gasteiger partial charge on any atom is -0.295 e. The first-order chi connectivity index (χ1) is 9.37. The van der Waals surface area contributed by atoms with E-state index >= 15 is 0 Å². The Morgan fingerprint density at radius 1 is 1.30 bits per heavy atom. The first kappa shape index (κ1) is 15.4. The molecule has 0 aromatic heterocycles. The molecule has 1 aliphatic rings. The third kappa shape index (κ3) is 4.03. The smallest absolute Gasteiger partial charge is 0.176 e. The van der Waals surface area contributed by atoms with Gasteiger partial charge in [0.2, 0.25) is 0 Å². The van der Waals surface area contributed by atoms with Crippen molar-refractivity contribution in [1.29, 1.82) is 0 Å². The monoisotopic (exact) mass is 299 g/mol. The third-order valence-electron chi connectivity index (χ3n) is 3.54. The van der Waals surface area contributed by atoms with Gasteiger partial charge in [-0.2, -0.15) is 11.8 Å². The predicted molar refractivity (Wildman–Crippen MR) is 78.3 cm³/mol. The zero-order valence-electron chi connectivity index (χ0n) is 11.8. The molecule has 0 spiro atoms. The number of carbonyl (C=O) groups is 1. The molecule has 0 N–H and O–H groups in total. The van der Waals surface area contributed by atoms with E-state index in [1.165, 1.54) is 6.07 Å². The van der Waals surface area contributed by atoms with Gasteiger partial charge in [0.15, 0.2) is 17.4 Å². The number of carbonyl (C=O) groups excluding carboxylic acids is 1. The quantitative estimate of drug-likeness (QED) is 0.798. The maximum absolute atomic E-state index is 13.1. The van der Waals surface area contributed by atoms with Crippen molar-refractivity contribution >= 4 is 17.5 Å². The van der Waals surface area contributed by atoms with Crippen LogP contribution in [0, 0.1) is 11.6 Å². The largest absolute Gasteiger partial charge is 0.295 e. The van der Waals surface area contributed by atoms with Gasteiger partial charge in [0.25, 0.3) is 0 Å². The fourth-order valence-corrected chi connectivity index (χ4v) is 3.32. The van der Waals surface area contributed by atoms with Crippen LogP contribution in [0.25, 0.3) is 0 Å². The first-order valence-electron chi connectivity index (χ1n) is 6.72. The summed E-state index contributed by atoms with van der Waals surface area (Å²) in [5.74, 6) is -1.07. The Hall–Kier alpha value is -0.940. The van der Waals surface area contributed by atoms with Gasteiger partial charge in [-0.15, -0.1) is 0 Å². The van der Waals surface area contributed by atoms with E-state index in [-0.39, 0.29) is 22.6 Å². The molecule has 1 aromatic carbocycles. The van der Waals surface area contributed by atoms with Crippen LogP contribution >= 0.6 is 11.8 Å². The number of thioether (sulfide) groups is 1. The molecule has 0 aliphatic carbocycles. The Morgan fingerprint density at radius 2 is 2.05 bits per heavy atom. The van der Waals surface area contributed by atoms with Gasteiger partial charge in [-0.25, -0.2) is 8.78 Å². The number of nitrogens with zero attached hydrogens (tertiary/aromatic N) is 1. The van der Waals surface area contributed by atoms with E-state index in [9.17, 15) is 13.6 Å². The highest BCUT2D eigenvalue weighted by molar-refractivity contribution is 8.00. The first-order valence-corrected chi connectivity index (χ1v) is 7.70. The standard InChI is InChI=1S/C15H19F2NOS/c1-15(2)5-6-18(7-8-20-15)10-14(19)11-3-4-12(16)13(17)9-11/h3-4,9H,5-8,10H2,1-2H3. The molecule has 110 valence electrons. The highest BCUT2D eigenvalue weighted by atomic mass is 32.2. The SMILES string of the molecule is CC1(C)CCN(CC(=O)c2ccc(F)c(F)c2)CCS1. The Balaban J connectivity index is 1.99. The van der Waals surface area contributed by atoms with Crippen molar-refractivity contribution in [2.75, 3.05) is 25.4 Å². The van der Waals surface area contributed by atoms with E-state index in [2.05, 4.69) is 18.7 Å². The van der Waals surface area contributed by atoms with Gasteiger partial charge < -0.3 is 0 Å². The molecule has 1 heterocycles. The molecular weight excluding hydrogens is 280 g/mol. The van der Waals surface area contributed by atoms with Gasteiger partial charge in [-0.1, -0.05) is 13.8 Å². The number of ketones is 1. The summed E-state index contributed by atoms with van der Waals surface area (Å²) in [4.78, 5) is 14.2. The molecule has 1 aromatic rings. The maximum Gasteiger partial charge on any atom is 0.176 e. The van der Waals surface area contributed by atoms with Crippen LogP contribution in [0.5, 0.6) is 0 Å². The van der Waals surface area contributed by atoms with Crippen molar-refractivity contribution in [3.05, 3.63) is 35.4 Å². The van der Waals surface area contributed by atoms with E-state index in [1.54, 1.807) is 0 Å².